The van der Waals surface area contributed by atoms with Crippen molar-refractivity contribution in [3.63, 3.8) is 0 Å². The van der Waals surface area contributed by atoms with E-state index in [0.717, 1.165) is 15.2 Å². The Balaban J connectivity index is 2.20. The van der Waals surface area contributed by atoms with E-state index in [1.54, 1.807) is 10.9 Å². The lowest BCUT2D eigenvalue weighted by molar-refractivity contribution is 0.102. The molecule has 0 radical (unpaired) electrons. The third kappa shape index (κ3) is 2.40. The van der Waals surface area contributed by atoms with Gasteiger partial charge in [-0.3, -0.25) is 9.48 Å². The highest BCUT2D eigenvalue weighted by molar-refractivity contribution is 9.10. The summed E-state index contributed by atoms with van der Waals surface area (Å²) in [5, 5.41) is 6.32. The maximum absolute atomic E-state index is 13.0. The third-order valence-corrected chi connectivity index (χ3v) is 4.07. The second kappa shape index (κ2) is 5.45. The predicted octanol–water partition coefficient (Wildman–Crippen LogP) is 4.61. The summed E-state index contributed by atoms with van der Waals surface area (Å²) in [5.41, 5.74) is 1.30. The first-order chi connectivity index (χ1) is 10.1. The van der Waals surface area contributed by atoms with Crippen LogP contribution in [-0.2, 0) is 0 Å². The number of ketones is 1. The fourth-order valence-electron chi connectivity index (χ4n) is 2.50. The fourth-order valence-corrected chi connectivity index (χ4v) is 2.95. The van der Waals surface area contributed by atoms with Crippen molar-refractivity contribution in [2.75, 3.05) is 0 Å². The molecule has 0 aliphatic heterocycles. The van der Waals surface area contributed by atoms with E-state index in [-0.39, 0.29) is 11.8 Å². The standard InChI is InChI=1S/C17H15BrN2O/c1-11(2)20-16(15(18)10-19-20)17(21)14-9-5-7-12-6-3-4-8-13(12)14/h3-11H,1-2H3. The van der Waals surface area contributed by atoms with Crippen LogP contribution in [0, 0.1) is 0 Å². The number of benzene rings is 2. The zero-order valence-electron chi connectivity index (χ0n) is 11.9. The summed E-state index contributed by atoms with van der Waals surface area (Å²) in [7, 11) is 0. The van der Waals surface area contributed by atoms with Crippen molar-refractivity contribution < 1.29 is 4.79 Å². The van der Waals surface area contributed by atoms with E-state index in [9.17, 15) is 4.79 Å². The van der Waals surface area contributed by atoms with Crippen molar-refractivity contribution >= 4 is 32.5 Å². The van der Waals surface area contributed by atoms with E-state index in [1.807, 2.05) is 56.3 Å². The molecule has 106 valence electrons. The number of carbonyl (C=O) groups excluding carboxylic acids is 1. The number of aromatic nitrogens is 2. The summed E-state index contributed by atoms with van der Waals surface area (Å²) >= 11 is 3.44. The van der Waals surface area contributed by atoms with Gasteiger partial charge in [0.05, 0.1) is 10.7 Å². The molecule has 1 heterocycles. The monoisotopic (exact) mass is 342 g/mol. The van der Waals surface area contributed by atoms with Gasteiger partial charge in [-0.1, -0.05) is 42.5 Å². The van der Waals surface area contributed by atoms with E-state index in [2.05, 4.69) is 21.0 Å². The molecule has 0 atom stereocenters. The molecule has 1 aromatic heterocycles. The zero-order valence-corrected chi connectivity index (χ0v) is 13.5. The fraction of sp³-hybridized carbons (Fsp3) is 0.176. The van der Waals surface area contributed by atoms with Crippen LogP contribution in [0.25, 0.3) is 10.8 Å². The van der Waals surface area contributed by atoms with Gasteiger partial charge < -0.3 is 0 Å². The van der Waals surface area contributed by atoms with Gasteiger partial charge in [0, 0.05) is 11.6 Å². The van der Waals surface area contributed by atoms with Crippen molar-refractivity contribution in [1.29, 1.82) is 0 Å². The summed E-state index contributed by atoms with van der Waals surface area (Å²) < 4.78 is 2.49. The molecule has 4 heteroatoms. The van der Waals surface area contributed by atoms with Crippen molar-refractivity contribution in [2.45, 2.75) is 19.9 Å². The van der Waals surface area contributed by atoms with E-state index >= 15 is 0 Å². The molecule has 21 heavy (non-hydrogen) atoms. The van der Waals surface area contributed by atoms with Crippen LogP contribution >= 0.6 is 15.9 Å². The Morgan fingerprint density at radius 1 is 1.14 bits per heavy atom. The molecule has 0 saturated heterocycles. The van der Waals surface area contributed by atoms with Crippen LogP contribution in [0.5, 0.6) is 0 Å². The number of rotatable bonds is 3. The number of halogens is 1. The molecular formula is C17H15BrN2O. The van der Waals surface area contributed by atoms with Gasteiger partial charge in [0.15, 0.2) is 0 Å². The maximum Gasteiger partial charge on any atom is 0.212 e. The second-order valence-corrected chi connectivity index (χ2v) is 6.09. The number of fused-ring (bicyclic) bond motifs is 1. The molecule has 0 aliphatic rings. The van der Waals surface area contributed by atoms with Crippen molar-refractivity contribution in [3.05, 3.63) is 64.4 Å². The van der Waals surface area contributed by atoms with E-state index < -0.39 is 0 Å². The minimum Gasteiger partial charge on any atom is -0.287 e. The molecule has 0 amide bonds. The van der Waals surface area contributed by atoms with E-state index in [4.69, 9.17) is 0 Å². The Bertz CT molecular complexity index is 815. The molecule has 2 aromatic carbocycles. The Hall–Kier alpha value is -1.94. The quantitative estimate of drug-likeness (QED) is 0.651. The first-order valence-corrected chi connectivity index (χ1v) is 7.64. The molecular weight excluding hydrogens is 328 g/mol. The van der Waals surface area contributed by atoms with Crippen LogP contribution in [0.3, 0.4) is 0 Å². The van der Waals surface area contributed by atoms with Crippen LogP contribution in [-0.4, -0.2) is 15.6 Å². The Morgan fingerprint density at radius 3 is 2.62 bits per heavy atom. The van der Waals surface area contributed by atoms with Gasteiger partial charge in [-0.2, -0.15) is 5.10 Å². The lowest BCUT2D eigenvalue weighted by Gasteiger charge is -2.12. The van der Waals surface area contributed by atoms with Crippen LogP contribution in [0.1, 0.15) is 35.9 Å². The first-order valence-electron chi connectivity index (χ1n) is 6.85. The van der Waals surface area contributed by atoms with Gasteiger partial charge in [0.2, 0.25) is 5.78 Å². The minimum atomic E-state index is -0.00937. The Labute approximate surface area is 131 Å². The van der Waals surface area contributed by atoms with Gasteiger partial charge in [-0.25, -0.2) is 0 Å². The molecule has 3 aromatic rings. The molecule has 0 saturated carbocycles. The lowest BCUT2D eigenvalue weighted by atomic mass is 10.00. The number of hydrogen-bond donors (Lipinski definition) is 0. The topological polar surface area (TPSA) is 34.9 Å². The molecule has 3 rings (SSSR count). The molecule has 0 aliphatic carbocycles. The van der Waals surface area contributed by atoms with Crippen molar-refractivity contribution in [2.24, 2.45) is 0 Å². The average molecular weight is 343 g/mol. The molecule has 3 nitrogen and oxygen atoms in total. The lowest BCUT2D eigenvalue weighted by Crippen LogP contribution is -2.14. The summed E-state index contributed by atoms with van der Waals surface area (Å²) in [6, 6.07) is 13.9. The first kappa shape index (κ1) is 14.0. The van der Waals surface area contributed by atoms with Crippen molar-refractivity contribution in [3.8, 4) is 0 Å². The molecule has 0 bridgehead atoms. The average Bonchev–Trinajstić information content (AvgIpc) is 2.88. The van der Waals surface area contributed by atoms with Gasteiger partial charge in [-0.15, -0.1) is 0 Å². The van der Waals surface area contributed by atoms with Gasteiger partial charge >= 0.3 is 0 Å². The minimum absolute atomic E-state index is 0.00937. The number of carbonyl (C=O) groups is 1. The molecule has 0 N–H and O–H groups in total. The smallest absolute Gasteiger partial charge is 0.212 e. The third-order valence-electron chi connectivity index (χ3n) is 3.49. The van der Waals surface area contributed by atoms with Gasteiger partial charge in [0.25, 0.3) is 0 Å². The molecule has 0 fully saturated rings. The van der Waals surface area contributed by atoms with Gasteiger partial charge in [0.1, 0.15) is 5.69 Å². The molecule has 0 spiro atoms. The molecule has 0 unspecified atom stereocenters. The normalized spacial score (nSPS) is 11.2. The van der Waals surface area contributed by atoms with Crippen LogP contribution in [0.15, 0.2) is 53.1 Å². The highest BCUT2D eigenvalue weighted by Gasteiger charge is 2.21. The largest absolute Gasteiger partial charge is 0.287 e. The number of hydrogen-bond acceptors (Lipinski definition) is 2. The van der Waals surface area contributed by atoms with Crippen LogP contribution < -0.4 is 0 Å². The summed E-state index contributed by atoms with van der Waals surface area (Å²) in [6.07, 6.45) is 1.68. The van der Waals surface area contributed by atoms with Gasteiger partial charge in [-0.05, 0) is 40.5 Å². The zero-order chi connectivity index (χ0) is 15.0. The summed E-state index contributed by atoms with van der Waals surface area (Å²) in [4.78, 5) is 13.0. The van der Waals surface area contributed by atoms with Crippen LogP contribution in [0.2, 0.25) is 0 Å². The summed E-state index contributed by atoms with van der Waals surface area (Å²) in [6.45, 7) is 4.03. The summed E-state index contributed by atoms with van der Waals surface area (Å²) in [5.74, 6) is -0.00937. The highest BCUT2D eigenvalue weighted by Crippen LogP contribution is 2.26. The van der Waals surface area contributed by atoms with Crippen molar-refractivity contribution in [1.82, 2.24) is 9.78 Å². The SMILES string of the molecule is CC(C)n1ncc(Br)c1C(=O)c1cccc2ccccc12. The Kier molecular flexibility index (Phi) is 3.64. The highest BCUT2D eigenvalue weighted by atomic mass is 79.9. The predicted molar refractivity (Wildman–Crippen MR) is 87.7 cm³/mol. The second-order valence-electron chi connectivity index (χ2n) is 5.24. The maximum atomic E-state index is 13.0. The Morgan fingerprint density at radius 2 is 1.86 bits per heavy atom. The number of nitrogens with zero attached hydrogens (tertiary/aromatic N) is 2. The van der Waals surface area contributed by atoms with E-state index in [1.165, 1.54) is 0 Å². The van der Waals surface area contributed by atoms with E-state index in [0.29, 0.717) is 11.3 Å². The van der Waals surface area contributed by atoms with Crippen LogP contribution in [0.4, 0.5) is 0 Å².